The molecular weight excluding hydrogens is 1200 g/mol. The van der Waals surface area contributed by atoms with Crippen molar-refractivity contribution in [2.75, 3.05) is 17.7 Å². The van der Waals surface area contributed by atoms with Crippen molar-refractivity contribution in [3.63, 3.8) is 0 Å². The minimum absolute atomic E-state index is 0.00377. The number of carbonyl (C=O) groups excluding carboxylic acids is 4. The Morgan fingerprint density at radius 3 is 1.48 bits per heavy atom. The number of carbonyl (C=O) groups is 6. The SMILES string of the molecule is CCC(C)c1ccc(COCC2CC(C(C)(C)C)C(OC(=O)C3=C(C(C)C)C(=Cc4[nH]c(NC(=O)C(CC)(CC)CC)c(C(=O)OC5C(C(C)(C)C)CC(CSC(CC(=O)O)C(=O)O)CC5C(C)(C)C)c4C(C)C)N=C3NC(=O)C(CC)(CC)CC)C(C(C)(C)C)C2)cc1. The predicted octanol–water partition coefficient (Wildman–Crippen LogP) is 18.6. The molecule has 2 aromatic rings. The van der Waals surface area contributed by atoms with Crippen LogP contribution in [0.4, 0.5) is 5.82 Å². The Kier molecular flexibility index (Phi) is 27.4. The molecule has 2 fully saturated rings. The van der Waals surface area contributed by atoms with Gasteiger partial charge < -0.3 is 40.0 Å². The van der Waals surface area contributed by atoms with Gasteiger partial charge >= 0.3 is 23.9 Å². The van der Waals surface area contributed by atoms with Crippen molar-refractivity contribution in [1.29, 1.82) is 0 Å². The molecule has 2 heterocycles. The summed E-state index contributed by atoms with van der Waals surface area (Å²) in [5.74, 6) is -3.71. The van der Waals surface area contributed by atoms with Crippen LogP contribution in [0.1, 0.15) is 288 Å². The predicted molar refractivity (Wildman–Crippen MR) is 383 cm³/mol. The third-order valence-corrected chi connectivity index (χ3v) is 23.7. The summed E-state index contributed by atoms with van der Waals surface area (Å²) < 4.78 is 20.7. The number of aliphatic carboxylic acids is 2. The van der Waals surface area contributed by atoms with E-state index in [4.69, 9.17) is 19.2 Å². The lowest BCUT2D eigenvalue weighted by Gasteiger charge is -2.50. The number of aromatic nitrogens is 1. The van der Waals surface area contributed by atoms with Crippen molar-refractivity contribution >= 4 is 65.2 Å². The Labute approximate surface area is 570 Å². The second-order valence-electron chi connectivity index (χ2n) is 33.0. The molecular formula is C78H124N4O11S. The van der Waals surface area contributed by atoms with E-state index in [1.807, 2.05) is 75.3 Å². The molecule has 1 aromatic carbocycles. The summed E-state index contributed by atoms with van der Waals surface area (Å²) in [5.41, 5.74) is 2.03. The summed E-state index contributed by atoms with van der Waals surface area (Å²) in [6, 6.07) is 8.76. The molecule has 94 heavy (non-hydrogen) atoms. The van der Waals surface area contributed by atoms with Gasteiger partial charge in [-0.05, 0) is 156 Å². The molecule has 0 saturated heterocycles. The van der Waals surface area contributed by atoms with E-state index in [0.29, 0.717) is 98.8 Å². The highest BCUT2D eigenvalue weighted by molar-refractivity contribution is 8.00. The van der Waals surface area contributed by atoms with Gasteiger partial charge in [0.1, 0.15) is 40.2 Å². The maximum absolute atomic E-state index is 15.9. The number of carboxylic acids is 2. The molecule has 2 aliphatic carbocycles. The monoisotopic (exact) mass is 1320 g/mol. The highest BCUT2D eigenvalue weighted by Crippen LogP contribution is 2.53. The summed E-state index contributed by atoms with van der Waals surface area (Å²) >= 11 is 1.16. The molecule has 15 nitrogen and oxygen atoms in total. The van der Waals surface area contributed by atoms with Gasteiger partial charge in [0.2, 0.25) is 11.8 Å². The molecule has 528 valence electrons. The molecule has 2 amide bonds. The zero-order chi connectivity index (χ0) is 71.0. The molecule has 1 aromatic heterocycles. The Hall–Kier alpha value is -5.22. The maximum Gasteiger partial charge on any atom is 0.342 e. The van der Waals surface area contributed by atoms with E-state index >= 15 is 9.59 Å². The summed E-state index contributed by atoms with van der Waals surface area (Å²) in [6.07, 6.45) is 7.50. The van der Waals surface area contributed by atoms with Gasteiger partial charge in [0.25, 0.3) is 0 Å². The third kappa shape index (κ3) is 18.9. The van der Waals surface area contributed by atoms with Gasteiger partial charge in [-0.15, -0.1) is 11.8 Å². The van der Waals surface area contributed by atoms with Gasteiger partial charge in [0, 0.05) is 46.8 Å². The molecule has 1 aliphatic heterocycles. The molecule has 5 rings (SSSR count). The summed E-state index contributed by atoms with van der Waals surface area (Å²) in [4.78, 5) is 94.4. The number of aromatic amines is 1. The van der Waals surface area contributed by atoms with Crippen LogP contribution in [-0.4, -0.2) is 86.5 Å². The third-order valence-electron chi connectivity index (χ3n) is 22.2. The first-order valence-electron chi connectivity index (χ1n) is 35.7. The Morgan fingerprint density at radius 1 is 0.628 bits per heavy atom. The first-order chi connectivity index (χ1) is 43.6. The lowest BCUT2D eigenvalue weighted by molar-refractivity contribution is -0.166. The van der Waals surface area contributed by atoms with Crippen LogP contribution in [0.2, 0.25) is 0 Å². The van der Waals surface area contributed by atoms with Crippen molar-refractivity contribution in [2.45, 2.75) is 279 Å². The van der Waals surface area contributed by atoms with Crippen molar-refractivity contribution in [3.8, 4) is 0 Å². The van der Waals surface area contributed by atoms with Crippen LogP contribution >= 0.6 is 11.8 Å². The van der Waals surface area contributed by atoms with E-state index in [2.05, 4.69) is 137 Å². The number of allylic oxidation sites excluding steroid dienone is 1. The fourth-order valence-corrected chi connectivity index (χ4v) is 16.5. The van der Waals surface area contributed by atoms with E-state index in [-0.39, 0.29) is 92.8 Å². The van der Waals surface area contributed by atoms with E-state index in [1.54, 1.807) is 0 Å². The van der Waals surface area contributed by atoms with Crippen molar-refractivity contribution in [3.05, 3.63) is 69.1 Å². The number of aliphatic imine (C=N–C) groups is 1. The second kappa shape index (κ2) is 32.4. The molecule has 0 bridgehead atoms. The number of carboxylic acid groups (broad SMARTS) is 2. The Balaban J connectivity index is 1.71. The van der Waals surface area contributed by atoms with Crippen LogP contribution in [0.3, 0.4) is 0 Å². The number of amides is 2. The zero-order valence-electron chi connectivity index (χ0n) is 62.3. The van der Waals surface area contributed by atoms with Crippen LogP contribution in [0, 0.1) is 73.9 Å². The van der Waals surface area contributed by atoms with E-state index < -0.39 is 69.4 Å². The van der Waals surface area contributed by atoms with Gasteiger partial charge in [-0.3, -0.25) is 19.2 Å². The molecule has 0 radical (unpaired) electrons. The number of nitrogens with zero attached hydrogens (tertiary/aromatic N) is 1. The average Bonchev–Trinajstić information content (AvgIpc) is 1.42. The first kappa shape index (κ1) is 79.5. The van der Waals surface area contributed by atoms with Crippen LogP contribution in [0.5, 0.6) is 0 Å². The number of hydrogen-bond donors (Lipinski definition) is 5. The quantitative estimate of drug-likeness (QED) is 0.0502. The standard InChI is InChI=1S/C78H124N4O11S/c1-25-47(12)51-34-32-48(33-35-51)42-91-43-49-36-52(73(13,14)15)64(53(37-49)74(16,17)18)92-69(87)62-60(45(8)9)56(79-66(62)81-71(89)77(26-2,27-3)28-4)40-57-61(46(10)11)63(67(80-57)82-72(90)78(29-5,30-6)31-7)70(88)93-65-54(75(19,20)21)38-50(39-55(65)76(22,23)24)44-94-58(68(85)86)41-59(83)84/h32-35,40,45-47,49-50,52-55,58,64-65,80H,25-31,36-39,41-44H2,1-24H3,(H,82,90)(H,83,84)(H,85,86)(H,79,81,89). The first-order valence-corrected chi connectivity index (χ1v) is 36.8. The van der Waals surface area contributed by atoms with Crippen molar-refractivity contribution in [2.24, 2.45) is 78.9 Å². The van der Waals surface area contributed by atoms with Crippen LogP contribution < -0.4 is 10.6 Å². The Bertz CT molecular complexity index is 2980. The Morgan fingerprint density at radius 2 is 1.07 bits per heavy atom. The fourth-order valence-electron chi connectivity index (χ4n) is 15.4. The highest BCUT2D eigenvalue weighted by Gasteiger charge is 2.52. The van der Waals surface area contributed by atoms with Crippen LogP contribution in [0.15, 0.2) is 46.1 Å². The number of amidine groups is 1. The number of H-pyrrole nitrogens is 1. The van der Waals surface area contributed by atoms with Crippen LogP contribution in [0.25, 0.3) is 6.08 Å². The average molecular weight is 1330 g/mol. The number of benzene rings is 1. The number of esters is 2. The normalized spacial score (nSPS) is 22.9. The molecule has 5 N–H and O–H groups in total. The van der Waals surface area contributed by atoms with Crippen molar-refractivity contribution < 1.29 is 53.2 Å². The second-order valence-corrected chi connectivity index (χ2v) is 34.2. The maximum atomic E-state index is 15.9. The number of nitrogens with one attached hydrogen (secondary N) is 3. The largest absolute Gasteiger partial charge is 0.481 e. The van der Waals surface area contributed by atoms with E-state index in [0.717, 1.165) is 36.6 Å². The van der Waals surface area contributed by atoms with Gasteiger partial charge in [-0.25, -0.2) is 14.6 Å². The van der Waals surface area contributed by atoms with E-state index in [1.165, 1.54) is 5.56 Å². The lowest BCUT2D eigenvalue weighted by atomic mass is 9.58. The highest BCUT2D eigenvalue weighted by atomic mass is 32.2. The minimum Gasteiger partial charge on any atom is -0.481 e. The van der Waals surface area contributed by atoms with Gasteiger partial charge in [0.15, 0.2) is 0 Å². The number of anilines is 1. The van der Waals surface area contributed by atoms with Crippen molar-refractivity contribution in [1.82, 2.24) is 10.3 Å². The number of rotatable bonds is 28. The molecule has 3 aliphatic rings. The molecule has 0 spiro atoms. The van der Waals surface area contributed by atoms with Crippen LogP contribution in [-0.2, 0) is 44.8 Å². The molecule has 6 atom stereocenters. The zero-order valence-corrected chi connectivity index (χ0v) is 63.2. The van der Waals surface area contributed by atoms with Gasteiger partial charge in [-0.2, -0.15) is 0 Å². The molecule has 6 unspecified atom stereocenters. The fraction of sp³-hybridized carbons (Fsp3) is 0.731. The van der Waals surface area contributed by atoms with E-state index in [9.17, 15) is 29.4 Å². The number of hydrogen-bond acceptors (Lipinski definition) is 11. The summed E-state index contributed by atoms with van der Waals surface area (Å²) in [7, 11) is 0. The lowest BCUT2D eigenvalue weighted by Crippen LogP contribution is -2.51. The minimum atomic E-state index is -1.17. The summed E-state index contributed by atoms with van der Waals surface area (Å²) in [6.45, 7) is 51.7. The number of thioether (sulfide) groups is 1. The van der Waals surface area contributed by atoms with Gasteiger partial charge in [0.05, 0.1) is 18.7 Å². The smallest absolute Gasteiger partial charge is 0.342 e. The molecule has 16 heteroatoms. The molecule has 2 saturated carbocycles. The topological polar surface area (TPSA) is 223 Å². The summed E-state index contributed by atoms with van der Waals surface area (Å²) in [5, 5.41) is 24.9. The van der Waals surface area contributed by atoms with Gasteiger partial charge in [-0.1, -0.05) is 190 Å². The number of ether oxygens (including phenoxy) is 3.